The zero-order chi connectivity index (χ0) is 13.4. The number of aromatic nitrogens is 1. The Morgan fingerprint density at radius 1 is 1.33 bits per heavy atom. The first-order valence-corrected chi connectivity index (χ1v) is 6.33. The monoisotopic (exact) mass is 249 g/mol. The molecule has 0 aliphatic rings. The molecule has 1 aromatic heterocycles. The summed E-state index contributed by atoms with van der Waals surface area (Å²) in [5.74, 6) is 1.81. The second-order valence-corrected chi connectivity index (χ2v) is 3.87. The molecule has 0 amide bonds. The van der Waals surface area contributed by atoms with Gasteiger partial charge in [0.15, 0.2) is 5.96 Å². The third-order valence-corrected chi connectivity index (χ3v) is 2.82. The fourth-order valence-corrected chi connectivity index (χ4v) is 1.72. The second kappa shape index (κ2) is 7.53. The van der Waals surface area contributed by atoms with E-state index in [1.165, 1.54) is 0 Å². The van der Waals surface area contributed by atoms with Crippen molar-refractivity contribution in [2.75, 3.05) is 32.1 Å². The van der Waals surface area contributed by atoms with E-state index in [2.05, 4.69) is 51.5 Å². The maximum absolute atomic E-state index is 4.48. The fraction of sp³-hybridized carbons (Fsp3) is 0.538. The van der Waals surface area contributed by atoms with Crippen molar-refractivity contribution in [3.8, 4) is 0 Å². The maximum Gasteiger partial charge on any atom is 0.190 e. The summed E-state index contributed by atoms with van der Waals surface area (Å²) in [5.41, 5.74) is 1.14. The zero-order valence-corrected chi connectivity index (χ0v) is 11.7. The van der Waals surface area contributed by atoms with Gasteiger partial charge >= 0.3 is 0 Å². The number of hydrogen-bond acceptors (Lipinski definition) is 3. The zero-order valence-electron chi connectivity index (χ0n) is 11.7. The third kappa shape index (κ3) is 3.91. The molecule has 18 heavy (non-hydrogen) atoms. The summed E-state index contributed by atoms with van der Waals surface area (Å²) in [7, 11) is 3.59. The van der Waals surface area contributed by atoms with Crippen LogP contribution in [0, 0.1) is 0 Å². The molecule has 0 spiro atoms. The van der Waals surface area contributed by atoms with Crippen LogP contribution in [0.4, 0.5) is 5.82 Å². The van der Waals surface area contributed by atoms with Gasteiger partial charge in [0.05, 0.1) is 0 Å². The SMILES string of the molecule is CCN(CC)c1ccc(CNC(=NC)NC)cn1. The van der Waals surface area contributed by atoms with Gasteiger partial charge in [-0.3, -0.25) is 4.99 Å². The molecule has 0 aliphatic carbocycles. The Labute approximate surface area is 109 Å². The number of aliphatic imine (C=N–C) groups is 1. The van der Waals surface area contributed by atoms with Crippen LogP contribution in [0.2, 0.25) is 0 Å². The average molecular weight is 249 g/mol. The van der Waals surface area contributed by atoms with E-state index in [1.54, 1.807) is 7.05 Å². The van der Waals surface area contributed by atoms with Gasteiger partial charge in [0.25, 0.3) is 0 Å². The van der Waals surface area contributed by atoms with Crippen LogP contribution in [0.3, 0.4) is 0 Å². The number of hydrogen-bond donors (Lipinski definition) is 2. The Balaban J connectivity index is 2.60. The number of guanidine groups is 1. The van der Waals surface area contributed by atoms with Crippen molar-refractivity contribution in [3.05, 3.63) is 23.9 Å². The van der Waals surface area contributed by atoms with Crippen molar-refractivity contribution in [2.24, 2.45) is 4.99 Å². The molecule has 2 N–H and O–H groups in total. The van der Waals surface area contributed by atoms with E-state index in [-0.39, 0.29) is 0 Å². The molecule has 1 rings (SSSR count). The van der Waals surface area contributed by atoms with Gasteiger partial charge < -0.3 is 15.5 Å². The molecule has 0 aliphatic heterocycles. The highest BCUT2D eigenvalue weighted by molar-refractivity contribution is 5.79. The lowest BCUT2D eigenvalue weighted by Crippen LogP contribution is -2.34. The summed E-state index contributed by atoms with van der Waals surface area (Å²) >= 11 is 0. The van der Waals surface area contributed by atoms with Crippen LogP contribution in [0.1, 0.15) is 19.4 Å². The first-order valence-electron chi connectivity index (χ1n) is 6.33. The molecule has 0 fully saturated rings. The molecule has 100 valence electrons. The van der Waals surface area contributed by atoms with Crippen LogP contribution in [-0.4, -0.2) is 38.1 Å². The minimum absolute atomic E-state index is 0.721. The standard InChI is InChI=1S/C13H23N5/c1-5-18(6-2)12-8-7-11(9-16-12)10-17-13(14-3)15-4/h7-9H,5-6,10H2,1-4H3,(H2,14,15,17). The molecule has 0 saturated heterocycles. The summed E-state index contributed by atoms with van der Waals surface area (Å²) in [6, 6.07) is 4.16. The van der Waals surface area contributed by atoms with Crippen LogP contribution < -0.4 is 15.5 Å². The molecule has 0 radical (unpaired) electrons. The van der Waals surface area contributed by atoms with Crippen molar-refractivity contribution in [2.45, 2.75) is 20.4 Å². The summed E-state index contributed by atoms with van der Waals surface area (Å²) < 4.78 is 0. The number of pyridine rings is 1. The smallest absolute Gasteiger partial charge is 0.190 e. The van der Waals surface area contributed by atoms with Crippen LogP contribution in [0.5, 0.6) is 0 Å². The minimum Gasteiger partial charge on any atom is -0.359 e. The molecule has 0 bridgehead atoms. The molecule has 0 saturated carbocycles. The van der Waals surface area contributed by atoms with Gasteiger partial charge in [-0.15, -0.1) is 0 Å². The predicted octanol–water partition coefficient (Wildman–Crippen LogP) is 1.22. The van der Waals surface area contributed by atoms with Crippen LogP contribution in [0.25, 0.3) is 0 Å². The Morgan fingerprint density at radius 2 is 2.06 bits per heavy atom. The first kappa shape index (κ1) is 14.3. The highest BCUT2D eigenvalue weighted by Crippen LogP contribution is 2.10. The molecule has 0 atom stereocenters. The molecule has 0 aromatic carbocycles. The molecule has 0 unspecified atom stereocenters. The number of nitrogens with one attached hydrogen (secondary N) is 2. The van der Waals surface area contributed by atoms with Crippen molar-refractivity contribution >= 4 is 11.8 Å². The minimum atomic E-state index is 0.721. The lowest BCUT2D eigenvalue weighted by molar-refractivity contribution is 0.833. The lowest BCUT2D eigenvalue weighted by atomic mass is 10.2. The van der Waals surface area contributed by atoms with Crippen LogP contribution >= 0.6 is 0 Å². The summed E-state index contributed by atoms with van der Waals surface area (Å²) in [5, 5.41) is 6.18. The van der Waals surface area contributed by atoms with Gasteiger partial charge in [-0.1, -0.05) is 6.07 Å². The summed E-state index contributed by atoms with van der Waals surface area (Å²) in [6.07, 6.45) is 1.91. The van der Waals surface area contributed by atoms with E-state index >= 15 is 0 Å². The topological polar surface area (TPSA) is 52.5 Å². The largest absolute Gasteiger partial charge is 0.359 e. The molecular weight excluding hydrogens is 226 g/mol. The van der Waals surface area contributed by atoms with E-state index in [1.807, 2.05) is 13.2 Å². The summed E-state index contributed by atoms with van der Waals surface area (Å²) in [4.78, 5) is 10.8. The average Bonchev–Trinajstić information content (AvgIpc) is 2.43. The van der Waals surface area contributed by atoms with E-state index in [0.717, 1.165) is 37.0 Å². The van der Waals surface area contributed by atoms with E-state index in [9.17, 15) is 0 Å². The van der Waals surface area contributed by atoms with Gasteiger partial charge in [-0.25, -0.2) is 4.98 Å². The van der Waals surface area contributed by atoms with E-state index in [0.29, 0.717) is 0 Å². The molecule has 1 heterocycles. The second-order valence-electron chi connectivity index (χ2n) is 3.87. The lowest BCUT2D eigenvalue weighted by Gasteiger charge is -2.19. The molecular formula is C13H23N5. The maximum atomic E-state index is 4.48. The van der Waals surface area contributed by atoms with Gasteiger partial charge in [0.1, 0.15) is 5.82 Å². The fourth-order valence-electron chi connectivity index (χ4n) is 1.72. The van der Waals surface area contributed by atoms with E-state index in [4.69, 9.17) is 0 Å². The number of rotatable bonds is 5. The van der Waals surface area contributed by atoms with Crippen molar-refractivity contribution < 1.29 is 0 Å². The molecule has 5 nitrogen and oxygen atoms in total. The normalized spacial score (nSPS) is 11.2. The van der Waals surface area contributed by atoms with Crippen molar-refractivity contribution in [3.63, 3.8) is 0 Å². The quantitative estimate of drug-likeness (QED) is 0.608. The van der Waals surface area contributed by atoms with Gasteiger partial charge in [0.2, 0.25) is 0 Å². The Kier molecular flexibility index (Phi) is 5.97. The highest BCUT2D eigenvalue weighted by atomic mass is 15.2. The third-order valence-electron chi connectivity index (χ3n) is 2.82. The summed E-state index contributed by atoms with van der Waals surface area (Å²) in [6.45, 7) is 6.95. The van der Waals surface area contributed by atoms with E-state index < -0.39 is 0 Å². The van der Waals surface area contributed by atoms with Gasteiger partial charge in [-0.05, 0) is 25.5 Å². The van der Waals surface area contributed by atoms with Crippen molar-refractivity contribution in [1.29, 1.82) is 0 Å². The Hall–Kier alpha value is -1.78. The number of nitrogens with zero attached hydrogens (tertiary/aromatic N) is 3. The highest BCUT2D eigenvalue weighted by Gasteiger charge is 2.03. The van der Waals surface area contributed by atoms with Gasteiger partial charge in [-0.2, -0.15) is 0 Å². The van der Waals surface area contributed by atoms with Crippen LogP contribution in [-0.2, 0) is 6.54 Å². The predicted molar refractivity (Wildman–Crippen MR) is 77.1 cm³/mol. The number of anilines is 1. The Bertz CT molecular complexity index is 367. The van der Waals surface area contributed by atoms with Crippen LogP contribution in [0.15, 0.2) is 23.3 Å². The Morgan fingerprint density at radius 3 is 2.50 bits per heavy atom. The molecule has 5 heteroatoms. The molecule has 1 aromatic rings. The van der Waals surface area contributed by atoms with Crippen molar-refractivity contribution in [1.82, 2.24) is 15.6 Å². The first-order chi connectivity index (χ1) is 8.74. The van der Waals surface area contributed by atoms with Gasteiger partial charge in [0, 0.05) is 39.9 Å².